The van der Waals surface area contributed by atoms with Crippen LogP contribution >= 0.6 is 0 Å². The smallest absolute Gasteiger partial charge is 0.305 e. The first-order chi connectivity index (χ1) is 6.70. The predicted octanol–water partition coefficient (Wildman–Crippen LogP) is 1.58. The van der Waals surface area contributed by atoms with E-state index in [1.807, 2.05) is 13.8 Å². The molecular weight excluding hydrogens is 180 g/mol. The molecule has 0 saturated heterocycles. The molecule has 0 radical (unpaired) electrons. The minimum atomic E-state index is -0.909. The summed E-state index contributed by atoms with van der Waals surface area (Å²) in [5, 5.41) is 8.44. The fraction of sp³-hybridized carbons (Fsp3) is 0.400. The number of aliphatic carboxylic acids is 1. The normalized spacial score (nSPS) is 11.1. The molecule has 0 aliphatic heterocycles. The van der Waals surface area contributed by atoms with E-state index in [0.717, 1.165) is 0 Å². The van der Waals surface area contributed by atoms with Gasteiger partial charge in [-0.2, -0.15) is 0 Å². The number of carboxylic acids is 1. The summed E-state index contributed by atoms with van der Waals surface area (Å²) in [6.45, 7) is 4.00. The Morgan fingerprint density at radius 1 is 1.57 bits per heavy atom. The Morgan fingerprint density at radius 2 is 2.21 bits per heavy atom. The number of rotatable bonds is 3. The summed E-state index contributed by atoms with van der Waals surface area (Å²) < 4.78 is 0. The zero-order valence-electron chi connectivity index (χ0n) is 8.47. The lowest BCUT2D eigenvalue weighted by molar-refractivity contribution is -0.137. The summed E-state index contributed by atoms with van der Waals surface area (Å²) in [5.41, 5.74) is 6.16. The molecule has 1 aromatic rings. The van der Waals surface area contributed by atoms with Crippen molar-refractivity contribution in [3.05, 3.63) is 30.1 Å². The zero-order chi connectivity index (χ0) is 11.0. The number of aromatic nitrogens is 1. The summed E-state index contributed by atoms with van der Waals surface area (Å²) >= 11 is 0. The van der Waals surface area contributed by atoms with Gasteiger partial charge < -0.3 is 10.8 Å². The predicted molar refractivity (Wildman–Crippen MR) is 54.8 cm³/mol. The molecule has 1 rings (SSSR count). The van der Waals surface area contributed by atoms with E-state index in [1.165, 1.54) is 0 Å². The van der Waals surface area contributed by atoms with Gasteiger partial charge in [0, 0.05) is 6.20 Å². The second-order valence-electron chi connectivity index (χ2n) is 2.46. The van der Waals surface area contributed by atoms with Gasteiger partial charge in [0.15, 0.2) is 0 Å². The monoisotopic (exact) mass is 196 g/mol. The quantitative estimate of drug-likeness (QED) is 0.769. The molecule has 0 fully saturated rings. The highest BCUT2D eigenvalue weighted by atomic mass is 16.4. The van der Waals surface area contributed by atoms with Crippen LogP contribution in [0.2, 0.25) is 0 Å². The highest BCUT2D eigenvalue weighted by Crippen LogP contribution is 2.09. The third-order valence-electron chi connectivity index (χ3n) is 1.46. The van der Waals surface area contributed by atoms with Crippen LogP contribution in [0.3, 0.4) is 0 Å². The SMILES string of the molecule is CC.N[C@H](CC(=O)O)c1ccccn1. The fourth-order valence-corrected chi connectivity index (χ4v) is 0.888. The van der Waals surface area contributed by atoms with Gasteiger partial charge >= 0.3 is 5.97 Å². The molecule has 3 N–H and O–H groups in total. The largest absolute Gasteiger partial charge is 0.481 e. The van der Waals surface area contributed by atoms with Gasteiger partial charge in [0.1, 0.15) is 0 Å². The van der Waals surface area contributed by atoms with E-state index in [0.29, 0.717) is 5.69 Å². The van der Waals surface area contributed by atoms with Crippen molar-refractivity contribution in [1.29, 1.82) is 0 Å². The van der Waals surface area contributed by atoms with Crippen LogP contribution in [0.5, 0.6) is 0 Å². The molecule has 0 aliphatic rings. The maximum absolute atomic E-state index is 10.3. The van der Waals surface area contributed by atoms with Crippen LogP contribution < -0.4 is 5.73 Å². The van der Waals surface area contributed by atoms with Crippen molar-refractivity contribution in [2.75, 3.05) is 0 Å². The van der Waals surface area contributed by atoms with E-state index in [4.69, 9.17) is 10.8 Å². The van der Waals surface area contributed by atoms with Crippen LogP contribution in [0.15, 0.2) is 24.4 Å². The van der Waals surface area contributed by atoms with Gasteiger partial charge in [-0.1, -0.05) is 19.9 Å². The first-order valence-corrected chi connectivity index (χ1v) is 4.58. The van der Waals surface area contributed by atoms with Crippen molar-refractivity contribution in [2.24, 2.45) is 5.73 Å². The molecule has 0 saturated carbocycles. The molecule has 0 aromatic carbocycles. The standard InChI is InChI=1S/C8H10N2O2.C2H6/c9-6(5-8(11)12)7-3-1-2-4-10-7;1-2/h1-4,6H,5,9H2,(H,11,12);1-2H3/t6-;/m1./s1. The van der Waals surface area contributed by atoms with Crippen molar-refractivity contribution < 1.29 is 9.90 Å². The second kappa shape index (κ2) is 7.03. The highest BCUT2D eigenvalue weighted by molar-refractivity contribution is 5.67. The van der Waals surface area contributed by atoms with Crippen LogP contribution in [-0.4, -0.2) is 16.1 Å². The van der Waals surface area contributed by atoms with E-state index < -0.39 is 12.0 Å². The van der Waals surface area contributed by atoms with Gasteiger partial charge in [-0.3, -0.25) is 9.78 Å². The maximum atomic E-state index is 10.3. The average molecular weight is 196 g/mol. The Morgan fingerprint density at radius 3 is 2.64 bits per heavy atom. The molecule has 14 heavy (non-hydrogen) atoms. The molecule has 1 heterocycles. The van der Waals surface area contributed by atoms with E-state index in [9.17, 15) is 4.79 Å². The van der Waals surface area contributed by atoms with Crippen LogP contribution in [0.1, 0.15) is 32.0 Å². The lowest BCUT2D eigenvalue weighted by Crippen LogP contribution is -2.15. The lowest BCUT2D eigenvalue weighted by Gasteiger charge is -2.06. The Balaban J connectivity index is 0.000000791. The molecule has 4 heteroatoms. The minimum Gasteiger partial charge on any atom is -0.481 e. The minimum absolute atomic E-state index is 0.0863. The summed E-state index contributed by atoms with van der Waals surface area (Å²) in [6.07, 6.45) is 1.51. The third kappa shape index (κ3) is 4.57. The topological polar surface area (TPSA) is 76.2 Å². The zero-order valence-corrected chi connectivity index (χ0v) is 8.47. The molecule has 0 amide bonds. The summed E-state index contributed by atoms with van der Waals surface area (Å²) in [7, 11) is 0. The van der Waals surface area contributed by atoms with Crippen molar-refractivity contribution in [3.8, 4) is 0 Å². The van der Waals surface area contributed by atoms with Crippen molar-refractivity contribution in [1.82, 2.24) is 4.98 Å². The van der Waals surface area contributed by atoms with E-state index >= 15 is 0 Å². The fourth-order valence-electron chi connectivity index (χ4n) is 0.888. The number of pyridine rings is 1. The average Bonchev–Trinajstić information content (AvgIpc) is 2.21. The maximum Gasteiger partial charge on any atom is 0.305 e. The molecule has 0 unspecified atom stereocenters. The molecular formula is C10H16N2O2. The first-order valence-electron chi connectivity index (χ1n) is 4.58. The van der Waals surface area contributed by atoms with Gasteiger partial charge in [0.05, 0.1) is 18.2 Å². The molecule has 1 aromatic heterocycles. The summed E-state index contributed by atoms with van der Waals surface area (Å²) in [6, 6.07) is 4.75. The highest BCUT2D eigenvalue weighted by Gasteiger charge is 2.10. The molecule has 78 valence electrons. The van der Waals surface area contributed by atoms with Gasteiger partial charge in [-0.25, -0.2) is 0 Å². The molecule has 0 bridgehead atoms. The van der Waals surface area contributed by atoms with Crippen molar-refractivity contribution in [2.45, 2.75) is 26.3 Å². The molecule has 4 nitrogen and oxygen atoms in total. The number of carboxylic acid groups (broad SMARTS) is 1. The van der Waals surface area contributed by atoms with Gasteiger partial charge in [0.2, 0.25) is 0 Å². The Bertz CT molecular complexity index is 262. The van der Waals surface area contributed by atoms with Crippen LogP contribution in [0.25, 0.3) is 0 Å². The van der Waals surface area contributed by atoms with Crippen LogP contribution in [0, 0.1) is 0 Å². The third-order valence-corrected chi connectivity index (χ3v) is 1.46. The van der Waals surface area contributed by atoms with E-state index in [1.54, 1.807) is 24.4 Å². The van der Waals surface area contributed by atoms with Gasteiger partial charge in [-0.15, -0.1) is 0 Å². The van der Waals surface area contributed by atoms with Crippen LogP contribution in [0.4, 0.5) is 0 Å². The number of nitrogens with zero attached hydrogens (tertiary/aromatic N) is 1. The second-order valence-corrected chi connectivity index (χ2v) is 2.46. The number of hydrogen-bond acceptors (Lipinski definition) is 3. The van der Waals surface area contributed by atoms with Crippen molar-refractivity contribution in [3.63, 3.8) is 0 Å². The van der Waals surface area contributed by atoms with Gasteiger partial charge in [0.25, 0.3) is 0 Å². The van der Waals surface area contributed by atoms with E-state index in [-0.39, 0.29) is 6.42 Å². The van der Waals surface area contributed by atoms with Crippen molar-refractivity contribution >= 4 is 5.97 Å². The molecule has 0 aliphatic carbocycles. The van der Waals surface area contributed by atoms with Gasteiger partial charge in [-0.05, 0) is 12.1 Å². The van der Waals surface area contributed by atoms with Crippen LogP contribution in [-0.2, 0) is 4.79 Å². The Hall–Kier alpha value is -1.42. The number of nitrogens with two attached hydrogens (primary N) is 1. The Kier molecular flexibility index (Phi) is 6.32. The molecule has 0 spiro atoms. The summed E-state index contributed by atoms with van der Waals surface area (Å²) in [5.74, 6) is -0.909. The number of carbonyl (C=O) groups is 1. The summed E-state index contributed by atoms with van der Waals surface area (Å²) in [4.78, 5) is 14.2. The molecule has 1 atom stereocenters. The van der Waals surface area contributed by atoms with E-state index in [2.05, 4.69) is 4.98 Å². The lowest BCUT2D eigenvalue weighted by atomic mass is 10.1. The number of hydrogen-bond donors (Lipinski definition) is 2. The first kappa shape index (κ1) is 12.6. The Labute approximate surface area is 83.8 Å².